The molecule has 3 N–H and O–H groups in total. The number of anilines is 1. The van der Waals surface area contributed by atoms with Crippen LogP contribution in [0.1, 0.15) is 30.4 Å². The molecule has 0 spiro atoms. The van der Waals surface area contributed by atoms with E-state index in [1.165, 1.54) is 6.20 Å². The van der Waals surface area contributed by atoms with Crippen molar-refractivity contribution in [3.63, 3.8) is 0 Å². The number of allylic oxidation sites excluding steroid dienone is 1. The van der Waals surface area contributed by atoms with Crippen LogP contribution < -0.4 is 11.1 Å². The molecule has 1 fully saturated rings. The average molecular weight is 351 g/mol. The molecule has 0 saturated carbocycles. The molecule has 0 bridgehead atoms. The van der Waals surface area contributed by atoms with Crippen molar-refractivity contribution in [3.8, 4) is 0 Å². The van der Waals surface area contributed by atoms with E-state index in [1.54, 1.807) is 12.4 Å². The number of nitrogens with zero attached hydrogens (tertiary/aromatic N) is 3. The Morgan fingerprint density at radius 2 is 2.23 bits per heavy atom. The largest absolute Gasteiger partial charge is 0.404 e. The van der Waals surface area contributed by atoms with Crippen molar-refractivity contribution < 1.29 is 4.74 Å². The second-order valence-corrected chi connectivity index (χ2v) is 6.34. The van der Waals surface area contributed by atoms with Gasteiger partial charge < -0.3 is 15.8 Å². The van der Waals surface area contributed by atoms with E-state index in [4.69, 9.17) is 10.5 Å². The molecular formula is C20H25N5O. The van der Waals surface area contributed by atoms with Gasteiger partial charge >= 0.3 is 0 Å². The Morgan fingerprint density at radius 1 is 1.38 bits per heavy atom. The van der Waals surface area contributed by atoms with Gasteiger partial charge in [0.15, 0.2) is 0 Å². The summed E-state index contributed by atoms with van der Waals surface area (Å²) in [5.74, 6) is 0. The van der Waals surface area contributed by atoms with E-state index in [2.05, 4.69) is 27.2 Å². The first-order chi connectivity index (χ1) is 12.7. The van der Waals surface area contributed by atoms with Crippen molar-refractivity contribution in [1.82, 2.24) is 9.97 Å². The summed E-state index contributed by atoms with van der Waals surface area (Å²) in [5.41, 5.74) is 11.2. The van der Waals surface area contributed by atoms with Gasteiger partial charge in [-0.2, -0.15) is 0 Å². The number of aromatic nitrogens is 2. The standard InChI is InChI=1S/C20H25N5O/c1-3-4-16-9-17(7-8-22-16)23-11-15(10-21)20-6-5-19(14(2)24-20)25-18-12-26-13-18/h5-11,18,25H,3-4,12-13,21H2,1-2H3. The van der Waals surface area contributed by atoms with Crippen LogP contribution in [0.5, 0.6) is 0 Å². The zero-order valence-electron chi connectivity index (χ0n) is 15.3. The summed E-state index contributed by atoms with van der Waals surface area (Å²) in [5, 5.41) is 3.43. The Morgan fingerprint density at radius 3 is 2.88 bits per heavy atom. The fraction of sp³-hybridized carbons (Fsp3) is 0.350. The van der Waals surface area contributed by atoms with Gasteiger partial charge in [-0.1, -0.05) is 13.3 Å². The Balaban J connectivity index is 1.74. The number of nitrogens with two attached hydrogens (primary N) is 1. The minimum absolute atomic E-state index is 0.372. The summed E-state index contributed by atoms with van der Waals surface area (Å²) < 4.78 is 5.19. The third kappa shape index (κ3) is 4.46. The minimum atomic E-state index is 0.372. The van der Waals surface area contributed by atoms with Crippen LogP contribution >= 0.6 is 0 Å². The van der Waals surface area contributed by atoms with Crippen LogP contribution in [0.4, 0.5) is 11.4 Å². The SMILES string of the molecule is CCCc1cc(N=CC(=CN)c2ccc(NC3COC3)c(C)n2)ccn1. The summed E-state index contributed by atoms with van der Waals surface area (Å²) in [6, 6.07) is 8.24. The van der Waals surface area contributed by atoms with E-state index in [0.29, 0.717) is 6.04 Å². The van der Waals surface area contributed by atoms with Crippen LogP contribution in [0.3, 0.4) is 0 Å². The van der Waals surface area contributed by atoms with Gasteiger partial charge in [-0.15, -0.1) is 0 Å². The molecule has 3 rings (SSSR count). The van der Waals surface area contributed by atoms with Crippen LogP contribution in [0.15, 0.2) is 41.7 Å². The summed E-state index contributed by atoms with van der Waals surface area (Å²) in [6.07, 6.45) is 7.08. The van der Waals surface area contributed by atoms with E-state index in [9.17, 15) is 0 Å². The molecule has 3 heterocycles. The Hall–Kier alpha value is -2.73. The molecule has 2 aromatic heterocycles. The molecule has 1 saturated heterocycles. The number of hydrogen-bond donors (Lipinski definition) is 2. The Labute approximate surface area is 154 Å². The lowest BCUT2D eigenvalue weighted by molar-refractivity contribution is 0.0211. The van der Waals surface area contributed by atoms with Crippen molar-refractivity contribution in [2.24, 2.45) is 10.7 Å². The molecule has 0 unspecified atom stereocenters. The van der Waals surface area contributed by atoms with Gasteiger partial charge in [0, 0.05) is 29.9 Å². The van der Waals surface area contributed by atoms with Gasteiger partial charge in [0.05, 0.1) is 42.0 Å². The zero-order valence-corrected chi connectivity index (χ0v) is 15.3. The molecule has 0 radical (unpaired) electrons. The molecule has 2 aromatic rings. The van der Waals surface area contributed by atoms with E-state index < -0.39 is 0 Å². The predicted molar refractivity (Wildman–Crippen MR) is 106 cm³/mol. The topological polar surface area (TPSA) is 85.4 Å². The molecule has 1 aliphatic rings. The van der Waals surface area contributed by atoms with Gasteiger partial charge in [0.1, 0.15) is 0 Å². The molecule has 6 nitrogen and oxygen atoms in total. The van der Waals surface area contributed by atoms with E-state index >= 15 is 0 Å². The zero-order chi connectivity index (χ0) is 18.4. The van der Waals surface area contributed by atoms with Gasteiger partial charge in [0.25, 0.3) is 0 Å². The first-order valence-electron chi connectivity index (χ1n) is 8.92. The maximum Gasteiger partial charge on any atom is 0.0736 e. The number of pyridine rings is 2. The lowest BCUT2D eigenvalue weighted by atomic mass is 10.1. The number of rotatable bonds is 7. The molecule has 0 aliphatic carbocycles. The first kappa shape index (κ1) is 18.1. The lowest BCUT2D eigenvalue weighted by Gasteiger charge is -2.28. The van der Waals surface area contributed by atoms with Crippen LogP contribution in [0, 0.1) is 6.92 Å². The first-order valence-corrected chi connectivity index (χ1v) is 8.92. The number of hydrogen-bond acceptors (Lipinski definition) is 6. The highest BCUT2D eigenvalue weighted by molar-refractivity contribution is 6.09. The maximum atomic E-state index is 5.81. The van der Waals surface area contributed by atoms with Crippen LogP contribution in [-0.2, 0) is 11.2 Å². The molecular weight excluding hydrogens is 326 g/mol. The summed E-state index contributed by atoms with van der Waals surface area (Å²) >= 11 is 0. The highest BCUT2D eigenvalue weighted by atomic mass is 16.5. The molecule has 1 aliphatic heterocycles. The smallest absolute Gasteiger partial charge is 0.0736 e. The molecule has 0 atom stereocenters. The third-order valence-electron chi connectivity index (χ3n) is 4.22. The fourth-order valence-corrected chi connectivity index (χ4v) is 2.69. The highest BCUT2D eigenvalue weighted by Crippen LogP contribution is 2.20. The number of nitrogens with one attached hydrogen (secondary N) is 1. The van der Waals surface area contributed by atoms with Crippen molar-refractivity contribution in [3.05, 3.63) is 53.7 Å². The van der Waals surface area contributed by atoms with Crippen molar-refractivity contribution in [2.75, 3.05) is 18.5 Å². The predicted octanol–water partition coefficient (Wildman–Crippen LogP) is 3.25. The lowest BCUT2D eigenvalue weighted by Crippen LogP contribution is -2.40. The third-order valence-corrected chi connectivity index (χ3v) is 4.22. The van der Waals surface area contributed by atoms with E-state index in [1.807, 2.05) is 31.2 Å². The number of aliphatic imine (C=N–C) groups is 1. The second kappa shape index (κ2) is 8.58. The fourth-order valence-electron chi connectivity index (χ4n) is 2.69. The van der Waals surface area contributed by atoms with Crippen LogP contribution in [0.25, 0.3) is 5.57 Å². The summed E-state index contributed by atoms with van der Waals surface area (Å²) in [7, 11) is 0. The van der Waals surface area contributed by atoms with Gasteiger partial charge in [-0.25, -0.2) is 0 Å². The van der Waals surface area contributed by atoms with Gasteiger partial charge in [-0.05, 0) is 37.6 Å². The maximum absolute atomic E-state index is 5.81. The monoisotopic (exact) mass is 351 g/mol. The van der Waals surface area contributed by atoms with E-state index in [-0.39, 0.29) is 0 Å². The van der Waals surface area contributed by atoms with E-state index in [0.717, 1.165) is 60.1 Å². The summed E-state index contributed by atoms with van der Waals surface area (Å²) in [4.78, 5) is 13.5. The second-order valence-electron chi connectivity index (χ2n) is 6.34. The van der Waals surface area contributed by atoms with Crippen molar-refractivity contribution >= 4 is 23.2 Å². The van der Waals surface area contributed by atoms with Gasteiger partial charge in [-0.3, -0.25) is 15.0 Å². The normalized spacial score (nSPS) is 15.2. The van der Waals surface area contributed by atoms with Crippen molar-refractivity contribution in [1.29, 1.82) is 0 Å². The molecule has 6 heteroatoms. The van der Waals surface area contributed by atoms with Gasteiger partial charge in [0.2, 0.25) is 0 Å². The molecule has 0 amide bonds. The van der Waals surface area contributed by atoms with Crippen molar-refractivity contribution in [2.45, 2.75) is 32.7 Å². The minimum Gasteiger partial charge on any atom is -0.404 e. The Kier molecular flexibility index (Phi) is 5.96. The number of ether oxygens (including phenoxy) is 1. The molecule has 26 heavy (non-hydrogen) atoms. The molecule has 0 aromatic carbocycles. The Bertz CT molecular complexity index is 812. The number of aryl methyl sites for hydroxylation is 2. The van der Waals surface area contributed by atoms with Crippen LogP contribution in [0.2, 0.25) is 0 Å². The average Bonchev–Trinajstić information content (AvgIpc) is 2.60. The quantitative estimate of drug-likeness (QED) is 0.748. The summed E-state index contributed by atoms with van der Waals surface area (Å²) in [6.45, 7) is 5.61. The highest BCUT2D eigenvalue weighted by Gasteiger charge is 2.18. The van der Waals surface area contributed by atoms with Crippen LogP contribution in [-0.4, -0.2) is 35.4 Å². The molecule has 136 valence electrons.